The van der Waals surface area contributed by atoms with Crippen LogP contribution >= 0.6 is 0 Å². The van der Waals surface area contributed by atoms with E-state index in [0.717, 1.165) is 12.1 Å². The quantitative estimate of drug-likeness (QED) is 0.720. The number of ether oxygens (including phenoxy) is 2. The van der Waals surface area contributed by atoms with Crippen LogP contribution in [0.2, 0.25) is 0 Å². The molecule has 1 N–H and O–H groups in total. The summed E-state index contributed by atoms with van der Waals surface area (Å²) >= 11 is 0. The molecule has 31 heavy (non-hydrogen) atoms. The highest BCUT2D eigenvalue weighted by atomic mass is 19.4. The molecule has 2 unspecified atom stereocenters. The first-order valence-corrected chi connectivity index (χ1v) is 9.63. The number of amides is 1. The summed E-state index contributed by atoms with van der Waals surface area (Å²) in [5, 5.41) is 2.70. The van der Waals surface area contributed by atoms with Gasteiger partial charge in [-0.1, -0.05) is 6.07 Å². The van der Waals surface area contributed by atoms with E-state index in [1.165, 1.54) is 30.5 Å². The van der Waals surface area contributed by atoms with Gasteiger partial charge in [0.05, 0.1) is 17.8 Å². The van der Waals surface area contributed by atoms with Crippen LogP contribution in [0.5, 0.6) is 0 Å². The highest BCUT2D eigenvalue weighted by Gasteiger charge is 2.30. The van der Waals surface area contributed by atoms with Crippen LogP contribution in [0.3, 0.4) is 0 Å². The van der Waals surface area contributed by atoms with Crippen LogP contribution < -0.4 is 5.32 Å². The van der Waals surface area contributed by atoms with Gasteiger partial charge >= 0.3 is 12.1 Å². The van der Waals surface area contributed by atoms with Gasteiger partial charge in [0.1, 0.15) is 11.4 Å². The van der Waals surface area contributed by atoms with Crippen molar-refractivity contribution in [1.82, 2.24) is 9.88 Å². The molecule has 166 valence electrons. The molecule has 1 aromatic heterocycles. The largest absolute Gasteiger partial charge is 0.452 e. The third kappa shape index (κ3) is 5.94. The summed E-state index contributed by atoms with van der Waals surface area (Å²) in [5.74, 6) is -1.15. The van der Waals surface area contributed by atoms with Crippen LogP contribution in [-0.4, -0.2) is 53.7 Å². The number of benzene rings is 1. The molecule has 7 nitrogen and oxygen atoms in total. The molecule has 2 heterocycles. The SMILES string of the molecule is CC1CN(C(=O)COC(=O)c2cccnc2Nc2cccc(C(F)(F)F)c2)CC(C)O1. The number of carbonyl (C=O) groups is 2. The van der Waals surface area contributed by atoms with Crippen LogP contribution in [0.1, 0.15) is 29.8 Å². The minimum atomic E-state index is -4.50. The van der Waals surface area contributed by atoms with Crippen molar-refractivity contribution in [2.75, 3.05) is 25.0 Å². The lowest BCUT2D eigenvalue weighted by atomic mass is 10.2. The fraction of sp³-hybridized carbons (Fsp3) is 0.381. The van der Waals surface area contributed by atoms with Crippen molar-refractivity contribution < 1.29 is 32.2 Å². The molecular weight excluding hydrogens is 415 g/mol. The minimum absolute atomic E-state index is 0.00331. The molecule has 0 aliphatic carbocycles. The number of hydrogen-bond donors (Lipinski definition) is 1. The fourth-order valence-electron chi connectivity index (χ4n) is 3.26. The van der Waals surface area contributed by atoms with Crippen LogP contribution in [0.4, 0.5) is 24.7 Å². The van der Waals surface area contributed by atoms with Gasteiger partial charge in [0.15, 0.2) is 6.61 Å². The maximum Gasteiger partial charge on any atom is 0.416 e. The molecule has 0 spiro atoms. The van der Waals surface area contributed by atoms with Gasteiger partial charge in [-0.05, 0) is 44.2 Å². The third-order valence-corrected chi connectivity index (χ3v) is 4.58. The predicted molar refractivity (Wildman–Crippen MR) is 106 cm³/mol. The number of carbonyl (C=O) groups excluding carboxylic acids is 2. The number of pyridine rings is 1. The van der Waals surface area contributed by atoms with E-state index in [0.29, 0.717) is 13.1 Å². The number of morpholine rings is 1. The minimum Gasteiger partial charge on any atom is -0.452 e. The van der Waals surface area contributed by atoms with Gasteiger partial charge in [0, 0.05) is 25.0 Å². The monoisotopic (exact) mass is 437 g/mol. The van der Waals surface area contributed by atoms with Crippen LogP contribution in [0, 0.1) is 0 Å². The van der Waals surface area contributed by atoms with E-state index in [2.05, 4.69) is 10.3 Å². The molecule has 1 aliphatic heterocycles. The maximum atomic E-state index is 12.9. The predicted octanol–water partition coefficient (Wildman–Crippen LogP) is 3.64. The van der Waals surface area contributed by atoms with E-state index < -0.39 is 24.3 Å². The molecule has 10 heteroatoms. The fourth-order valence-corrected chi connectivity index (χ4v) is 3.26. The smallest absolute Gasteiger partial charge is 0.416 e. The van der Waals surface area contributed by atoms with Gasteiger partial charge in [-0.2, -0.15) is 13.2 Å². The average Bonchev–Trinajstić information content (AvgIpc) is 2.71. The van der Waals surface area contributed by atoms with Crippen LogP contribution in [-0.2, 0) is 20.4 Å². The van der Waals surface area contributed by atoms with Crippen molar-refractivity contribution in [1.29, 1.82) is 0 Å². The highest BCUT2D eigenvalue weighted by Crippen LogP contribution is 2.31. The Morgan fingerprint density at radius 2 is 1.90 bits per heavy atom. The Hall–Kier alpha value is -3.14. The second-order valence-electron chi connectivity index (χ2n) is 7.24. The van der Waals surface area contributed by atoms with E-state index in [1.54, 1.807) is 4.90 Å². The number of halogens is 3. The number of rotatable bonds is 5. The van der Waals surface area contributed by atoms with Crippen molar-refractivity contribution in [3.8, 4) is 0 Å². The van der Waals surface area contributed by atoms with Gasteiger partial charge in [-0.3, -0.25) is 4.79 Å². The number of aromatic nitrogens is 1. The first-order chi connectivity index (χ1) is 14.6. The van der Waals surface area contributed by atoms with Gasteiger partial charge < -0.3 is 19.7 Å². The van der Waals surface area contributed by atoms with Gasteiger partial charge in [-0.25, -0.2) is 9.78 Å². The molecule has 1 aliphatic rings. The third-order valence-electron chi connectivity index (χ3n) is 4.58. The highest BCUT2D eigenvalue weighted by molar-refractivity contribution is 5.96. The van der Waals surface area contributed by atoms with Gasteiger partial charge in [0.2, 0.25) is 0 Å². The molecule has 2 atom stereocenters. The topological polar surface area (TPSA) is 80.8 Å². The van der Waals surface area contributed by atoms with Crippen molar-refractivity contribution in [3.63, 3.8) is 0 Å². The molecule has 1 saturated heterocycles. The summed E-state index contributed by atoms with van der Waals surface area (Å²) in [6.07, 6.45) is -3.36. The number of anilines is 2. The van der Waals surface area contributed by atoms with E-state index >= 15 is 0 Å². The molecule has 0 radical (unpaired) electrons. The van der Waals surface area contributed by atoms with E-state index in [4.69, 9.17) is 9.47 Å². The van der Waals surface area contributed by atoms with E-state index in [1.807, 2.05) is 13.8 Å². The summed E-state index contributed by atoms with van der Waals surface area (Å²) < 4.78 is 49.5. The molecule has 1 aromatic carbocycles. The maximum absolute atomic E-state index is 12.9. The normalized spacial score (nSPS) is 19.1. The molecule has 3 rings (SSSR count). The lowest BCUT2D eigenvalue weighted by Crippen LogP contribution is -2.49. The Labute approximate surface area is 177 Å². The summed E-state index contributed by atoms with van der Waals surface area (Å²) in [5.41, 5.74) is -0.733. The molecule has 2 aromatic rings. The summed E-state index contributed by atoms with van der Waals surface area (Å²) in [6.45, 7) is 4.04. The summed E-state index contributed by atoms with van der Waals surface area (Å²) in [7, 11) is 0. The zero-order valence-electron chi connectivity index (χ0n) is 17.0. The van der Waals surface area contributed by atoms with E-state index in [9.17, 15) is 22.8 Å². The lowest BCUT2D eigenvalue weighted by Gasteiger charge is -2.35. The van der Waals surface area contributed by atoms with Crippen LogP contribution in [0.25, 0.3) is 0 Å². The number of alkyl halides is 3. The second-order valence-corrected chi connectivity index (χ2v) is 7.24. The van der Waals surface area contributed by atoms with Crippen molar-refractivity contribution in [2.24, 2.45) is 0 Å². The van der Waals surface area contributed by atoms with Gasteiger partial charge in [-0.15, -0.1) is 0 Å². The molecule has 0 bridgehead atoms. The Balaban J connectivity index is 1.67. The van der Waals surface area contributed by atoms with Crippen LogP contribution in [0.15, 0.2) is 42.6 Å². The van der Waals surface area contributed by atoms with Crippen molar-refractivity contribution >= 4 is 23.4 Å². The Kier molecular flexibility index (Phi) is 6.79. The standard InChI is InChI=1S/C21H22F3N3O4/c1-13-10-27(11-14(2)31-13)18(28)12-30-20(29)17-7-4-8-25-19(17)26-16-6-3-5-15(9-16)21(22,23)24/h3-9,13-14H,10-12H2,1-2H3,(H,25,26). The number of nitrogens with zero attached hydrogens (tertiary/aromatic N) is 2. The second kappa shape index (κ2) is 9.34. The van der Waals surface area contributed by atoms with E-state index in [-0.39, 0.29) is 35.2 Å². The van der Waals surface area contributed by atoms with Gasteiger partial charge in [0.25, 0.3) is 5.91 Å². The van der Waals surface area contributed by atoms with Crippen molar-refractivity contribution in [3.05, 3.63) is 53.7 Å². The zero-order valence-corrected chi connectivity index (χ0v) is 17.0. The lowest BCUT2D eigenvalue weighted by molar-refractivity contribution is -0.146. The number of esters is 1. The summed E-state index contributed by atoms with van der Waals surface area (Å²) in [4.78, 5) is 30.5. The first-order valence-electron chi connectivity index (χ1n) is 9.63. The first kappa shape index (κ1) is 22.5. The van der Waals surface area contributed by atoms with Crippen molar-refractivity contribution in [2.45, 2.75) is 32.2 Å². The average molecular weight is 437 g/mol. The zero-order chi connectivity index (χ0) is 22.6. The number of hydrogen-bond acceptors (Lipinski definition) is 6. The Morgan fingerprint density at radius 1 is 1.19 bits per heavy atom. The Bertz CT molecular complexity index is 941. The molecular formula is C21H22F3N3O4. The molecule has 1 fully saturated rings. The molecule has 1 amide bonds. The summed E-state index contributed by atoms with van der Waals surface area (Å²) in [6, 6.07) is 7.42. The number of nitrogens with one attached hydrogen (secondary N) is 1. The molecule has 0 saturated carbocycles. The Morgan fingerprint density at radius 3 is 2.58 bits per heavy atom.